The third-order valence-electron chi connectivity index (χ3n) is 3.41. The smallest absolute Gasteiger partial charge is 0.396 e. The molecule has 0 radical (unpaired) electrons. The Morgan fingerprint density at radius 1 is 0.800 bits per heavy atom. The summed E-state index contributed by atoms with van der Waals surface area (Å²) in [6.45, 7) is -4.71. The van der Waals surface area contributed by atoms with E-state index in [1.165, 1.54) is 6.19 Å². The lowest BCUT2D eigenvalue weighted by Crippen LogP contribution is -2.59. The third kappa shape index (κ3) is 4.42. The summed E-state index contributed by atoms with van der Waals surface area (Å²) < 4.78 is 0. The first-order valence-electron chi connectivity index (χ1n) is 6.48. The van der Waals surface area contributed by atoms with Crippen molar-refractivity contribution in [2.45, 2.75) is 24.2 Å². The Morgan fingerprint density at radius 2 is 1.08 bits per heavy atom. The number of hydrogen-bond donors (Lipinski definition) is 2. The van der Waals surface area contributed by atoms with E-state index in [0.717, 1.165) is 0 Å². The van der Waals surface area contributed by atoms with E-state index in [2.05, 4.69) is 0 Å². The molecule has 0 heterocycles. The maximum atomic E-state index is 11.1. The molecule has 0 rings (SSSR count). The highest BCUT2D eigenvalue weighted by atomic mass is 16.7. The summed E-state index contributed by atoms with van der Waals surface area (Å²) in [6, 6.07) is 0. The molecule has 0 amide bonds. The van der Waals surface area contributed by atoms with Gasteiger partial charge in [-0.1, -0.05) is 0 Å². The third-order valence-corrected chi connectivity index (χ3v) is 3.41. The SMILES string of the molecule is N#CN(CC(CCO)([N+](=O)[O-])[N+](=O)[O-])CC(CCO)([N+](=O)[O-])[N+](=O)[O-]. The summed E-state index contributed by atoms with van der Waals surface area (Å²) in [7, 11) is 0. The van der Waals surface area contributed by atoms with Crippen molar-refractivity contribution < 1.29 is 29.9 Å². The van der Waals surface area contributed by atoms with Crippen LogP contribution in [0, 0.1) is 51.9 Å². The van der Waals surface area contributed by atoms with Crippen LogP contribution in [-0.4, -0.2) is 72.4 Å². The fourth-order valence-corrected chi connectivity index (χ4v) is 1.98. The minimum atomic E-state index is -3.09. The summed E-state index contributed by atoms with van der Waals surface area (Å²) in [5.41, 5.74) is -6.19. The molecule has 0 unspecified atom stereocenters. The largest absolute Gasteiger partial charge is 0.478 e. The molecule has 16 nitrogen and oxygen atoms in total. The molecule has 0 aromatic heterocycles. The van der Waals surface area contributed by atoms with E-state index in [1.54, 1.807) is 0 Å². The molecule has 0 aliphatic heterocycles. The van der Waals surface area contributed by atoms with Crippen molar-refractivity contribution in [3.05, 3.63) is 40.5 Å². The Hall–Kier alpha value is -3.19. The van der Waals surface area contributed by atoms with E-state index in [1.807, 2.05) is 0 Å². The van der Waals surface area contributed by atoms with Crippen molar-refractivity contribution in [1.29, 1.82) is 5.26 Å². The van der Waals surface area contributed by atoms with Gasteiger partial charge in [-0.05, 0) is 0 Å². The van der Waals surface area contributed by atoms with Gasteiger partial charge in [0.1, 0.15) is 32.5 Å². The number of nitriles is 1. The molecule has 0 spiro atoms. The van der Waals surface area contributed by atoms with E-state index in [9.17, 15) is 40.5 Å². The highest BCUT2D eigenvalue weighted by Crippen LogP contribution is 2.22. The molecule has 2 N–H and O–H groups in total. The average Bonchev–Trinajstić information content (AvgIpc) is 2.51. The fraction of sp³-hybridized carbons (Fsp3) is 0.889. The lowest BCUT2D eigenvalue weighted by Gasteiger charge is -2.24. The molecule has 16 heteroatoms. The van der Waals surface area contributed by atoms with Gasteiger partial charge in [0.15, 0.2) is 19.3 Å². The van der Waals surface area contributed by atoms with Gasteiger partial charge in [0.2, 0.25) is 0 Å². The number of hydrogen-bond acceptors (Lipinski definition) is 12. The summed E-state index contributed by atoms with van der Waals surface area (Å²) in [6.07, 6.45) is -0.864. The van der Waals surface area contributed by atoms with Crippen LogP contribution in [0.3, 0.4) is 0 Å². The molecule has 0 saturated carbocycles. The van der Waals surface area contributed by atoms with Crippen LogP contribution in [0.15, 0.2) is 0 Å². The highest BCUT2D eigenvalue weighted by molar-refractivity contribution is 4.86. The minimum absolute atomic E-state index is 0.128. The van der Waals surface area contributed by atoms with Crippen LogP contribution in [0.4, 0.5) is 0 Å². The average molecular weight is 366 g/mol. The highest BCUT2D eigenvalue weighted by Gasteiger charge is 2.61. The Bertz CT molecular complexity index is 516. The van der Waals surface area contributed by atoms with Gasteiger partial charge in [0, 0.05) is 0 Å². The van der Waals surface area contributed by atoms with Crippen molar-refractivity contribution in [2.75, 3.05) is 26.3 Å². The topological polar surface area (TPSA) is 240 Å². The van der Waals surface area contributed by atoms with Gasteiger partial charge in [0.25, 0.3) is 0 Å². The second-order valence-electron chi connectivity index (χ2n) is 4.90. The van der Waals surface area contributed by atoms with Crippen molar-refractivity contribution in [3.63, 3.8) is 0 Å². The molecule has 0 bridgehead atoms. The lowest BCUT2D eigenvalue weighted by molar-refractivity contribution is -0.804. The molecule has 0 aliphatic rings. The first-order valence-corrected chi connectivity index (χ1v) is 6.48. The monoisotopic (exact) mass is 366 g/mol. The summed E-state index contributed by atoms with van der Waals surface area (Å²) in [4.78, 5) is 38.9. The maximum Gasteiger partial charge on any atom is 0.478 e. The molecule has 0 saturated heterocycles. The van der Waals surface area contributed by atoms with Crippen molar-refractivity contribution in [1.82, 2.24) is 4.90 Å². The van der Waals surface area contributed by atoms with Crippen LogP contribution in [0.2, 0.25) is 0 Å². The zero-order valence-corrected chi connectivity index (χ0v) is 12.6. The number of aliphatic hydroxyl groups is 2. The predicted molar refractivity (Wildman–Crippen MR) is 74.0 cm³/mol. The lowest BCUT2D eigenvalue weighted by atomic mass is 10.0. The Morgan fingerprint density at radius 3 is 1.24 bits per heavy atom. The molecule has 0 fully saturated rings. The normalized spacial score (nSPS) is 11.4. The second-order valence-corrected chi connectivity index (χ2v) is 4.90. The van der Waals surface area contributed by atoms with Gasteiger partial charge >= 0.3 is 11.3 Å². The van der Waals surface area contributed by atoms with Crippen LogP contribution in [0.5, 0.6) is 0 Å². The minimum Gasteiger partial charge on any atom is -0.396 e. The molecule has 0 aromatic rings. The summed E-state index contributed by atoms with van der Waals surface area (Å²) >= 11 is 0. The predicted octanol–water partition coefficient (Wildman–Crippen LogP) is -1.97. The van der Waals surface area contributed by atoms with E-state index < -0.39 is 70.2 Å². The molecule has 0 aliphatic carbocycles. The van der Waals surface area contributed by atoms with Crippen LogP contribution in [0.25, 0.3) is 0 Å². The maximum absolute atomic E-state index is 11.1. The zero-order valence-electron chi connectivity index (χ0n) is 12.6. The van der Waals surface area contributed by atoms with Gasteiger partial charge in [-0.15, -0.1) is 0 Å². The van der Waals surface area contributed by atoms with Crippen LogP contribution >= 0.6 is 0 Å². The number of nitro groups is 4. The van der Waals surface area contributed by atoms with Crippen LogP contribution < -0.4 is 0 Å². The first kappa shape index (κ1) is 21.8. The Balaban J connectivity index is 5.88. The van der Waals surface area contributed by atoms with Gasteiger partial charge < -0.3 is 10.2 Å². The number of nitrogens with zero attached hydrogens (tertiary/aromatic N) is 6. The molecular weight excluding hydrogens is 352 g/mol. The summed E-state index contributed by atoms with van der Waals surface area (Å²) in [5.74, 6) is 0. The van der Waals surface area contributed by atoms with E-state index in [0.29, 0.717) is 0 Å². The van der Waals surface area contributed by atoms with Crippen molar-refractivity contribution in [3.8, 4) is 6.19 Å². The molecular formula is C9H14N6O10. The first-order chi connectivity index (χ1) is 11.5. The molecule has 25 heavy (non-hydrogen) atoms. The van der Waals surface area contributed by atoms with E-state index >= 15 is 0 Å². The van der Waals surface area contributed by atoms with E-state index in [4.69, 9.17) is 15.5 Å². The van der Waals surface area contributed by atoms with Gasteiger partial charge in [-0.2, -0.15) is 5.26 Å². The zero-order chi connectivity index (χ0) is 19.8. The summed E-state index contributed by atoms with van der Waals surface area (Å²) in [5, 5.41) is 70.9. The quantitative estimate of drug-likeness (QED) is 0.126. The molecule has 0 aromatic carbocycles. The Labute approximate surface area is 138 Å². The standard InChI is InChI=1S/C9H14N6O10/c10-7-11(5-8(1-3-16,12(18)19)13(20)21)6-9(2-4-17,14(22)23)15(24)25/h16-17H,1-6H2. The van der Waals surface area contributed by atoms with Gasteiger partial charge in [-0.3, -0.25) is 45.4 Å². The molecule has 0 atom stereocenters. The molecule has 140 valence electrons. The van der Waals surface area contributed by atoms with Crippen molar-refractivity contribution >= 4 is 0 Å². The Kier molecular flexibility index (Phi) is 7.51. The van der Waals surface area contributed by atoms with Crippen molar-refractivity contribution in [2.24, 2.45) is 0 Å². The number of aliphatic hydroxyl groups excluding tert-OH is 2. The fourth-order valence-electron chi connectivity index (χ4n) is 1.98. The van der Waals surface area contributed by atoms with E-state index in [-0.39, 0.29) is 4.90 Å². The van der Waals surface area contributed by atoms with Crippen LogP contribution in [-0.2, 0) is 0 Å². The number of rotatable bonds is 12. The van der Waals surface area contributed by atoms with Gasteiger partial charge in [0.05, 0.1) is 13.2 Å². The van der Waals surface area contributed by atoms with Crippen LogP contribution in [0.1, 0.15) is 12.8 Å². The van der Waals surface area contributed by atoms with Gasteiger partial charge in [-0.25, -0.2) is 0 Å². The second kappa shape index (κ2) is 8.60.